The van der Waals surface area contributed by atoms with E-state index in [-0.39, 0.29) is 65.4 Å². The van der Waals surface area contributed by atoms with Gasteiger partial charge in [0.1, 0.15) is 12.4 Å². The summed E-state index contributed by atoms with van der Waals surface area (Å²) in [6.07, 6.45) is 1.61. The Hall–Kier alpha value is -3.59. The van der Waals surface area contributed by atoms with E-state index in [0.29, 0.717) is 41.7 Å². The number of aryl methyl sites for hydroxylation is 1. The van der Waals surface area contributed by atoms with Crippen LogP contribution in [0.1, 0.15) is 93.3 Å². The van der Waals surface area contributed by atoms with Crippen molar-refractivity contribution >= 4 is 22.8 Å². The number of hydrogen-bond donors (Lipinski definition) is 2. The van der Waals surface area contributed by atoms with Crippen molar-refractivity contribution in [1.82, 2.24) is 14.9 Å². The van der Waals surface area contributed by atoms with Gasteiger partial charge in [-0.1, -0.05) is 34.6 Å². The highest BCUT2D eigenvalue weighted by molar-refractivity contribution is 5.94. The van der Waals surface area contributed by atoms with Crippen LogP contribution in [0.2, 0.25) is 0 Å². The maximum absolute atomic E-state index is 15.1. The molecule has 8 nitrogen and oxygen atoms in total. The molecule has 9 heteroatoms. The number of esters is 1. The lowest BCUT2D eigenvalue weighted by molar-refractivity contribution is -0.172. The molecule has 0 bridgehead atoms. The number of aliphatic hydroxyl groups is 1. The van der Waals surface area contributed by atoms with Crippen molar-refractivity contribution in [3.8, 4) is 11.4 Å². The third kappa shape index (κ3) is 4.03. The van der Waals surface area contributed by atoms with E-state index in [2.05, 4.69) is 33.0 Å². The maximum Gasteiger partial charge on any atom is 0.343 e. The summed E-state index contributed by atoms with van der Waals surface area (Å²) in [4.78, 5) is 44.5. The zero-order valence-corrected chi connectivity index (χ0v) is 24.4. The normalized spacial score (nSPS) is 21.7. The van der Waals surface area contributed by atoms with E-state index < -0.39 is 11.6 Å². The number of cyclic esters (lactones) is 1. The Bertz CT molecular complexity index is 1720. The third-order valence-corrected chi connectivity index (χ3v) is 9.68. The van der Waals surface area contributed by atoms with Crippen molar-refractivity contribution in [2.45, 2.75) is 92.0 Å². The summed E-state index contributed by atoms with van der Waals surface area (Å²) in [7, 11) is 0. The SMILES string of the molecule is CC[C@@]1(O)C(=O)OCc2c1cc1n(c2=O)Cc2c-1nc1cc(F)c(C)c3c1c2[C@@H](NC(=O)C[C@@H](C)C(C)(C)C)CC3. The molecule has 4 heterocycles. The molecule has 0 spiro atoms. The second-order valence-corrected chi connectivity index (χ2v) is 12.9. The molecule has 0 saturated carbocycles. The number of fused-ring (bicyclic) bond motifs is 5. The van der Waals surface area contributed by atoms with Crippen LogP contribution in [0.4, 0.5) is 4.39 Å². The molecule has 2 N–H and O–H groups in total. The summed E-state index contributed by atoms with van der Waals surface area (Å²) in [5.74, 6) is -1.03. The summed E-state index contributed by atoms with van der Waals surface area (Å²) in [6.45, 7) is 11.8. The van der Waals surface area contributed by atoms with E-state index in [4.69, 9.17) is 9.72 Å². The molecule has 0 saturated heterocycles. The van der Waals surface area contributed by atoms with Crippen molar-refractivity contribution in [3.05, 3.63) is 61.7 Å². The second-order valence-electron chi connectivity index (χ2n) is 12.9. The fourth-order valence-corrected chi connectivity index (χ4v) is 6.54. The Balaban J connectivity index is 1.54. The number of ether oxygens (including phenoxy) is 1. The molecule has 1 aromatic carbocycles. The van der Waals surface area contributed by atoms with Gasteiger partial charge in [-0.05, 0) is 60.3 Å². The van der Waals surface area contributed by atoms with E-state index >= 15 is 4.39 Å². The molecule has 6 rings (SSSR count). The fourth-order valence-electron chi connectivity index (χ4n) is 6.54. The third-order valence-electron chi connectivity index (χ3n) is 9.68. The molecule has 2 aliphatic heterocycles. The monoisotopic (exact) mass is 561 g/mol. The van der Waals surface area contributed by atoms with Gasteiger partial charge >= 0.3 is 5.97 Å². The minimum atomic E-state index is -1.94. The van der Waals surface area contributed by atoms with Crippen LogP contribution in [0, 0.1) is 24.1 Å². The summed E-state index contributed by atoms with van der Waals surface area (Å²) in [5.41, 5.74) is 2.68. The molecule has 1 amide bonds. The van der Waals surface area contributed by atoms with Crippen LogP contribution < -0.4 is 10.9 Å². The zero-order valence-electron chi connectivity index (χ0n) is 24.4. The number of carbonyl (C=O) groups excluding carboxylic acids is 2. The molecule has 2 aromatic heterocycles. The molecule has 3 aromatic rings. The molecule has 0 radical (unpaired) electrons. The van der Waals surface area contributed by atoms with Gasteiger partial charge in [-0.25, -0.2) is 14.2 Å². The van der Waals surface area contributed by atoms with Crippen molar-refractivity contribution < 1.29 is 23.8 Å². The number of benzene rings is 1. The number of amides is 1. The number of nitrogens with zero attached hydrogens (tertiary/aromatic N) is 2. The molecule has 216 valence electrons. The van der Waals surface area contributed by atoms with Crippen molar-refractivity contribution in [2.75, 3.05) is 0 Å². The van der Waals surface area contributed by atoms with Crippen LogP contribution in [0.5, 0.6) is 0 Å². The van der Waals surface area contributed by atoms with E-state index in [0.717, 1.165) is 22.1 Å². The summed E-state index contributed by atoms with van der Waals surface area (Å²) in [5, 5.41) is 15.3. The Morgan fingerprint density at radius 1 is 1.27 bits per heavy atom. The second kappa shape index (κ2) is 9.21. The van der Waals surface area contributed by atoms with Crippen LogP contribution in [0.3, 0.4) is 0 Å². The number of aromatic nitrogens is 2. The number of carbonyl (C=O) groups is 2. The first-order valence-electron chi connectivity index (χ1n) is 14.4. The van der Waals surface area contributed by atoms with Gasteiger partial charge in [0.2, 0.25) is 5.91 Å². The Morgan fingerprint density at radius 2 is 2.00 bits per heavy atom. The number of nitrogens with one attached hydrogen (secondary N) is 1. The predicted octanol–water partition coefficient (Wildman–Crippen LogP) is 4.70. The first-order chi connectivity index (χ1) is 19.3. The summed E-state index contributed by atoms with van der Waals surface area (Å²) >= 11 is 0. The average Bonchev–Trinajstić information content (AvgIpc) is 3.28. The first-order valence-corrected chi connectivity index (χ1v) is 14.4. The maximum atomic E-state index is 15.1. The van der Waals surface area contributed by atoms with Gasteiger partial charge in [0.15, 0.2) is 5.60 Å². The van der Waals surface area contributed by atoms with E-state index in [1.807, 2.05) is 0 Å². The van der Waals surface area contributed by atoms with E-state index in [9.17, 15) is 19.5 Å². The van der Waals surface area contributed by atoms with Gasteiger partial charge < -0.3 is 19.7 Å². The molecule has 1 aliphatic carbocycles. The summed E-state index contributed by atoms with van der Waals surface area (Å²) < 4.78 is 21.9. The molecule has 41 heavy (non-hydrogen) atoms. The molecule has 0 unspecified atom stereocenters. The van der Waals surface area contributed by atoms with Gasteiger partial charge in [-0.2, -0.15) is 0 Å². The Labute approximate surface area is 237 Å². The van der Waals surface area contributed by atoms with Gasteiger partial charge in [0.25, 0.3) is 5.56 Å². The molecule has 0 fully saturated rings. The highest BCUT2D eigenvalue weighted by atomic mass is 19.1. The Kier molecular flexibility index (Phi) is 6.19. The lowest BCUT2D eigenvalue weighted by atomic mass is 9.79. The van der Waals surface area contributed by atoms with Gasteiger partial charge in [0.05, 0.1) is 35.1 Å². The number of rotatable bonds is 4. The van der Waals surface area contributed by atoms with Crippen molar-refractivity contribution in [3.63, 3.8) is 0 Å². The number of halogens is 1. The lowest BCUT2D eigenvalue weighted by Crippen LogP contribution is -2.44. The summed E-state index contributed by atoms with van der Waals surface area (Å²) in [6, 6.07) is 2.75. The fraction of sp³-hybridized carbons (Fsp3) is 0.500. The van der Waals surface area contributed by atoms with Gasteiger partial charge in [-0.3, -0.25) is 9.59 Å². The van der Waals surface area contributed by atoms with Crippen molar-refractivity contribution in [2.24, 2.45) is 11.3 Å². The van der Waals surface area contributed by atoms with Crippen LogP contribution in [-0.2, 0) is 39.5 Å². The van der Waals surface area contributed by atoms with Crippen LogP contribution >= 0.6 is 0 Å². The van der Waals surface area contributed by atoms with E-state index in [1.165, 1.54) is 6.07 Å². The molecule has 3 aliphatic rings. The largest absolute Gasteiger partial charge is 0.458 e. The quantitative estimate of drug-likeness (QED) is 0.350. The minimum absolute atomic E-state index is 0.0240. The van der Waals surface area contributed by atoms with Crippen LogP contribution in [-0.4, -0.2) is 26.5 Å². The zero-order chi connectivity index (χ0) is 29.6. The van der Waals surface area contributed by atoms with Crippen LogP contribution in [0.15, 0.2) is 16.9 Å². The molecule has 3 atom stereocenters. The number of hydrogen-bond acceptors (Lipinski definition) is 6. The van der Waals surface area contributed by atoms with Gasteiger partial charge in [-0.15, -0.1) is 0 Å². The van der Waals surface area contributed by atoms with Crippen LogP contribution in [0.25, 0.3) is 22.3 Å². The topological polar surface area (TPSA) is 111 Å². The first kappa shape index (κ1) is 27.6. The number of pyridine rings is 2. The molecular formula is C32H36FN3O5. The highest BCUT2D eigenvalue weighted by Gasteiger charge is 2.46. The Morgan fingerprint density at radius 3 is 2.68 bits per heavy atom. The lowest BCUT2D eigenvalue weighted by Gasteiger charge is -2.31. The average molecular weight is 562 g/mol. The van der Waals surface area contributed by atoms with Gasteiger partial charge in [0, 0.05) is 29.0 Å². The van der Waals surface area contributed by atoms with Crippen molar-refractivity contribution in [1.29, 1.82) is 0 Å². The smallest absolute Gasteiger partial charge is 0.343 e. The highest BCUT2D eigenvalue weighted by Crippen LogP contribution is 2.46. The molecular weight excluding hydrogens is 525 g/mol. The minimum Gasteiger partial charge on any atom is -0.458 e. The standard InChI is InChI=1S/C32H36FN3O5/c1-7-32(40)20-11-24-28-18(13-36(24)29(38)19(20)14-41-30(32)39)27-22(34-25(37)10-15(2)31(4,5)6)9-8-17-16(3)21(33)12-23(35-28)26(17)27/h11-12,15,22,40H,7-10,13-14H2,1-6H3,(H,34,37)/t15-,22+,32+/m1/s1. The predicted molar refractivity (Wildman–Crippen MR) is 152 cm³/mol. The van der Waals surface area contributed by atoms with E-state index in [1.54, 1.807) is 24.5 Å².